The molecule has 2 unspecified atom stereocenters. The van der Waals surface area contributed by atoms with Crippen molar-refractivity contribution in [2.75, 3.05) is 26.2 Å². The smallest absolute Gasteiger partial charge is 0.391 e. The molecule has 0 saturated carbocycles. The van der Waals surface area contributed by atoms with Crippen molar-refractivity contribution in [2.24, 2.45) is 5.41 Å². The molecule has 0 aromatic heterocycles. The van der Waals surface area contributed by atoms with E-state index in [9.17, 15) is 23.1 Å². The van der Waals surface area contributed by atoms with Gasteiger partial charge in [-0.25, -0.2) is 0 Å². The fourth-order valence-corrected chi connectivity index (χ4v) is 2.68. The van der Waals surface area contributed by atoms with Gasteiger partial charge in [0.25, 0.3) is 0 Å². The van der Waals surface area contributed by atoms with Crippen LogP contribution in [-0.4, -0.2) is 54.4 Å². The molecule has 0 bridgehead atoms. The van der Waals surface area contributed by atoms with Crippen LogP contribution in [-0.2, 0) is 4.79 Å². The number of carbonyl (C=O) groups excluding carboxylic acids is 1. The second-order valence-corrected chi connectivity index (χ2v) is 5.05. The average molecular weight is 266 g/mol. The topological polar surface area (TPSA) is 52.6 Å². The van der Waals surface area contributed by atoms with E-state index in [-0.39, 0.29) is 26.1 Å². The first-order valence-electron chi connectivity index (χ1n) is 6.12. The summed E-state index contributed by atoms with van der Waals surface area (Å²) in [4.78, 5) is 13.3. The van der Waals surface area contributed by atoms with Crippen LogP contribution in [0, 0.1) is 5.41 Å². The molecule has 2 rings (SSSR count). The van der Waals surface area contributed by atoms with Crippen molar-refractivity contribution in [1.29, 1.82) is 0 Å². The van der Waals surface area contributed by atoms with Gasteiger partial charge in [-0.05, 0) is 25.8 Å². The van der Waals surface area contributed by atoms with Crippen LogP contribution in [0.2, 0.25) is 0 Å². The Hall–Kier alpha value is -0.820. The van der Waals surface area contributed by atoms with Crippen molar-refractivity contribution in [2.45, 2.75) is 31.5 Å². The van der Waals surface area contributed by atoms with E-state index in [1.807, 2.05) is 0 Å². The van der Waals surface area contributed by atoms with Crippen molar-refractivity contribution < 1.29 is 23.1 Å². The molecule has 2 atom stereocenters. The number of carbonyl (C=O) groups is 1. The zero-order valence-electron chi connectivity index (χ0n) is 9.96. The number of rotatable bonds is 1. The Bertz CT molecular complexity index is 327. The van der Waals surface area contributed by atoms with Gasteiger partial charge < -0.3 is 15.3 Å². The van der Waals surface area contributed by atoms with Gasteiger partial charge in [-0.3, -0.25) is 4.79 Å². The third-order valence-electron chi connectivity index (χ3n) is 3.79. The van der Waals surface area contributed by atoms with E-state index in [4.69, 9.17) is 0 Å². The zero-order valence-corrected chi connectivity index (χ0v) is 9.96. The number of aliphatic hydroxyl groups is 1. The molecule has 2 aliphatic heterocycles. The second-order valence-electron chi connectivity index (χ2n) is 5.05. The summed E-state index contributed by atoms with van der Waals surface area (Å²) in [6.45, 7) is 0.147. The summed E-state index contributed by atoms with van der Waals surface area (Å²) in [6.07, 6.45) is -4.38. The van der Waals surface area contributed by atoms with Crippen LogP contribution in [0.25, 0.3) is 0 Å². The summed E-state index contributed by atoms with van der Waals surface area (Å²) in [5.74, 6) is -0.890. The van der Waals surface area contributed by atoms with E-state index in [0.29, 0.717) is 19.4 Å². The Morgan fingerprint density at radius 3 is 2.67 bits per heavy atom. The predicted molar refractivity (Wildman–Crippen MR) is 57.8 cm³/mol. The second kappa shape index (κ2) is 4.70. The van der Waals surface area contributed by atoms with Crippen LogP contribution in [0.3, 0.4) is 0 Å². The van der Waals surface area contributed by atoms with E-state index >= 15 is 0 Å². The van der Waals surface area contributed by atoms with Crippen molar-refractivity contribution in [3.05, 3.63) is 0 Å². The number of amides is 1. The van der Waals surface area contributed by atoms with E-state index in [1.165, 1.54) is 0 Å². The predicted octanol–water partition coefficient (Wildman–Crippen LogP) is 0.512. The lowest BCUT2D eigenvalue weighted by molar-refractivity contribution is -0.222. The third-order valence-corrected chi connectivity index (χ3v) is 3.79. The number of β-amino-alcohol motifs (C(OH)–C–C–N with tert-alkyl or cyclic N) is 1. The van der Waals surface area contributed by atoms with E-state index < -0.39 is 23.6 Å². The largest absolute Gasteiger partial charge is 0.404 e. The molecule has 0 aromatic carbocycles. The van der Waals surface area contributed by atoms with Gasteiger partial charge in [-0.1, -0.05) is 0 Å². The van der Waals surface area contributed by atoms with Crippen LogP contribution in [0.4, 0.5) is 13.2 Å². The monoisotopic (exact) mass is 266 g/mol. The number of piperidine rings is 1. The summed E-state index contributed by atoms with van der Waals surface area (Å²) in [7, 11) is 0. The number of halogens is 3. The molecule has 2 aliphatic rings. The number of hydrogen-bond donors (Lipinski definition) is 2. The average Bonchev–Trinajstić information content (AvgIpc) is 2.77. The molecule has 18 heavy (non-hydrogen) atoms. The van der Waals surface area contributed by atoms with Crippen molar-refractivity contribution in [1.82, 2.24) is 10.2 Å². The lowest BCUT2D eigenvalue weighted by Gasteiger charge is -2.38. The Balaban J connectivity index is 2.19. The first kappa shape index (κ1) is 13.6. The molecule has 0 radical (unpaired) electrons. The van der Waals surface area contributed by atoms with Gasteiger partial charge in [0.15, 0.2) is 5.41 Å². The number of nitrogens with zero attached hydrogens (tertiary/aromatic N) is 1. The molecule has 0 aliphatic carbocycles. The summed E-state index contributed by atoms with van der Waals surface area (Å²) < 4.78 is 39.5. The number of likely N-dealkylation sites (tertiary alicyclic amines) is 1. The summed E-state index contributed by atoms with van der Waals surface area (Å²) >= 11 is 0. The molecule has 0 aromatic rings. The van der Waals surface area contributed by atoms with Crippen molar-refractivity contribution in [3.63, 3.8) is 0 Å². The first-order valence-corrected chi connectivity index (χ1v) is 6.12. The standard InChI is InChI=1S/C11H17F3N2O2/c12-11(13,14)10(3-4-15-7-10)9(18)16-5-1-2-8(17)6-16/h8,15,17H,1-7H2. The highest BCUT2D eigenvalue weighted by Crippen LogP contribution is 2.44. The first-order chi connectivity index (χ1) is 8.37. The molecular formula is C11H17F3N2O2. The highest BCUT2D eigenvalue weighted by molar-refractivity contribution is 5.84. The fraction of sp³-hybridized carbons (Fsp3) is 0.909. The highest BCUT2D eigenvalue weighted by Gasteiger charge is 2.62. The van der Waals surface area contributed by atoms with Crippen LogP contribution in [0.1, 0.15) is 19.3 Å². The number of nitrogens with one attached hydrogen (secondary N) is 1. The van der Waals surface area contributed by atoms with Crippen LogP contribution in [0.5, 0.6) is 0 Å². The molecule has 2 fully saturated rings. The lowest BCUT2D eigenvalue weighted by Crippen LogP contribution is -2.56. The summed E-state index contributed by atoms with van der Waals surface area (Å²) in [5.41, 5.74) is -2.30. The van der Waals surface area contributed by atoms with Crippen LogP contribution in [0.15, 0.2) is 0 Å². The SMILES string of the molecule is O=C(N1CCCC(O)C1)C1(C(F)(F)F)CCNC1. The van der Waals surface area contributed by atoms with Gasteiger partial charge in [0.2, 0.25) is 5.91 Å². The lowest BCUT2D eigenvalue weighted by atomic mass is 9.84. The minimum atomic E-state index is -4.55. The molecule has 7 heteroatoms. The molecule has 0 spiro atoms. The quantitative estimate of drug-likeness (QED) is 0.727. The minimum Gasteiger partial charge on any atom is -0.391 e. The molecule has 2 heterocycles. The Morgan fingerprint density at radius 1 is 1.44 bits per heavy atom. The molecule has 2 saturated heterocycles. The summed E-state index contributed by atoms with van der Waals surface area (Å²) in [6, 6.07) is 0. The minimum absolute atomic E-state index is 0.0106. The molecular weight excluding hydrogens is 249 g/mol. The number of alkyl halides is 3. The number of aliphatic hydroxyl groups excluding tert-OH is 1. The Kier molecular flexibility index (Phi) is 3.55. The number of hydrogen-bond acceptors (Lipinski definition) is 3. The van der Waals surface area contributed by atoms with Crippen molar-refractivity contribution >= 4 is 5.91 Å². The van der Waals surface area contributed by atoms with E-state index in [0.717, 1.165) is 4.90 Å². The van der Waals surface area contributed by atoms with Crippen molar-refractivity contribution in [3.8, 4) is 0 Å². The summed E-state index contributed by atoms with van der Waals surface area (Å²) in [5, 5.41) is 12.1. The molecule has 4 nitrogen and oxygen atoms in total. The van der Waals surface area contributed by atoms with Gasteiger partial charge in [-0.15, -0.1) is 0 Å². The highest BCUT2D eigenvalue weighted by atomic mass is 19.4. The molecule has 1 amide bonds. The van der Waals surface area contributed by atoms with Gasteiger partial charge >= 0.3 is 6.18 Å². The van der Waals surface area contributed by atoms with E-state index in [2.05, 4.69) is 5.32 Å². The zero-order chi connectivity index (χ0) is 13.4. The third kappa shape index (κ3) is 2.21. The normalized spacial score (nSPS) is 33.8. The maximum absolute atomic E-state index is 13.2. The molecule has 104 valence electrons. The Morgan fingerprint density at radius 2 is 2.17 bits per heavy atom. The maximum atomic E-state index is 13.2. The van der Waals surface area contributed by atoms with Gasteiger partial charge in [-0.2, -0.15) is 13.2 Å². The van der Waals surface area contributed by atoms with E-state index in [1.54, 1.807) is 0 Å². The van der Waals surface area contributed by atoms with Gasteiger partial charge in [0, 0.05) is 19.6 Å². The fourth-order valence-electron chi connectivity index (χ4n) is 2.68. The van der Waals surface area contributed by atoms with Crippen LogP contribution >= 0.6 is 0 Å². The van der Waals surface area contributed by atoms with Crippen LogP contribution < -0.4 is 5.32 Å². The maximum Gasteiger partial charge on any atom is 0.404 e. The van der Waals surface area contributed by atoms with Gasteiger partial charge in [0.05, 0.1) is 6.10 Å². The molecule has 2 N–H and O–H groups in total. The Labute approximate surface area is 103 Å². The van der Waals surface area contributed by atoms with Gasteiger partial charge in [0.1, 0.15) is 0 Å².